The summed E-state index contributed by atoms with van der Waals surface area (Å²) in [6, 6.07) is 77.5. The summed E-state index contributed by atoms with van der Waals surface area (Å²) in [6.45, 7) is 9.62. The Morgan fingerprint density at radius 3 is 1.71 bits per heavy atom. The second kappa shape index (κ2) is 15.0. The monoisotopic (exact) mass is 809 g/mol. The van der Waals surface area contributed by atoms with E-state index in [9.17, 15) is 0 Å². The molecule has 0 fully saturated rings. The second-order valence-electron chi connectivity index (χ2n) is 17.3. The number of nitrogens with zero attached hydrogens (tertiary/aromatic N) is 1. The van der Waals surface area contributed by atoms with Crippen molar-refractivity contribution in [2.24, 2.45) is 0 Å². The number of hydrogen-bond acceptors (Lipinski definition) is 1. The van der Waals surface area contributed by atoms with Crippen molar-refractivity contribution in [3.63, 3.8) is 0 Å². The molecule has 1 aliphatic heterocycles. The van der Waals surface area contributed by atoms with Crippen LogP contribution >= 0.6 is 0 Å². The molecule has 9 aromatic rings. The molecule has 0 spiro atoms. The van der Waals surface area contributed by atoms with E-state index in [0.717, 1.165) is 5.69 Å². The zero-order valence-corrected chi connectivity index (χ0v) is 36.2. The van der Waals surface area contributed by atoms with Gasteiger partial charge in [0.15, 0.2) is 8.07 Å². The number of allylic oxidation sites excluding steroid dienone is 4. The Morgan fingerprint density at radius 2 is 1.03 bits per heavy atom. The molecule has 1 aliphatic carbocycles. The van der Waals surface area contributed by atoms with Crippen LogP contribution in [0.15, 0.2) is 236 Å². The highest BCUT2D eigenvalue weighted by atomic mass is 28.3. The van der Waals surface area contributed by atoms with Crippen molar-refractivity contribution in [2.45, 2.75) is 19.3 Å². The molecule has 62 heavy (non-hydrogen) atoms. The van der Waals surface area contributed by atoms with Crippen molar-refractivity contribution in [2.75, 3.05) is 11.4 Å². The highest BCUT2D eigenvalue weighted by Crippen LogP contribution is 2.50. The van der Waals surface area contributed by atoms with Gasteiger partial charge in [-0.05, 0) is 111 Å². The molecule has 2 heteroatoms. The summed E-state index contributed by atoms with van der Waals surface area (Å²) in [4.78, 5) is 2.60. The summed E-state index contributed by atoms with van der Waals surface area (Å²) in [5.74, 6) is 0. The summed E-state index contributed by atoms with van der Waals surface area (Å²) in [5, 5.41) is 10.7. The average Bonchev–Trinajstić information content (AvgIpc) is 3.74. The highest BCUT2D eigenvalue weighted by molar-refractivity contribution is 7.18. The quantitative estimate of drug-likeness (QED) is 0.104. The molecule has 0 N–H and O–H groups in total. The number of benzene rings is 9. The van der Waals surface area contributed by atoms with E-state index in [1.54, 1.807) is 0 Å². The molecule has 1 nitrogen and oxygen atoms in total. The molecule has 0 amide bonds. The first-order chi connectivity index (χ1) is 30.4. The fourth-order valence-electron chi connectivity index (χ4n) is 10.6. The first kappa shape index (κ1) is 37.7. The van der Waals surface area contributed by atoms with E-state index in [1.165, 1.54) is 92.5 Å². The molecule has 0 atom stereocenters. The Bertz CT molecular complexity index is 3180. The van der Waals surface area contributed by atoms with E-state index in [4.69, 9.17) is 0 Å². The van der Waals surface area contributed by atoms with Crippen LogP contribution in [-0.4, -0.2) is 14.6 Å². The van der Waals surface area contributed by atoms with Crippen molar-refractivity contribution >= 4 is 62.1 Å². The van der Waals surface area contributed by atoms with Gasteiger partial charge < -0.3 is 4.90 Å². The lowest BCUT2D eigenvalue weighted by atomic mass is 9.82. The molecule has 0 saturated carbocycles. The third-order valence-corrected chi connectivity index (χ3v) is 18.6. The summed E-state index contributed by atoms with van der Waals surface area (Å²) in [5.41, 5.74) is 12.6. The molecule has 0 radical (unpaired) electrons. The molecule has 296 valence electrons. The summed E-state index contributed by atoms with van der Waals surface area (Å²) in [6.07, 6.45) is 6.38. The van der Waals surface area contributed by atoms with Crippen LogP contribution in [0.25, 0.3) is 49.4 Å². The SMILES string of the molecule is C=C/C=C\C1=C(CN(c2ccc(-c3ccccc3)cc2)c2ccc3c(c2)C(C)(C)c2ccccc2-3)[Si](c2ccc3ccccc3c2)(c2ccc3ccccc3c2)c2ccccc21. The Hall–Kier alpha value is -7.26. The van der Waals surface area contributed by atoms with Gasteiger partial charge in [0.1, 0.15) is 0 Å². The number of hydrogen-bond donors (Lipinski definition) is 0. The van der Waals surface area contributed by atoms with Crippen LogP contribution in [0.2, 0.25) is 0 Å². The van der Waals surface area contributed by atoms with E-state index in [0.29, 0.717) is 6.54 Å². The van der Waals surface area contributed by atoms with E-state index in [1.807, 2.05) is 6.08 Å². The van der Waals surface area contributed by atoms with Crippen LogP contribution in [0.3, 0.4) is 0 Å². The van der Waals surface area contributed by atoms with Crippen LogP contribution in [0.4, 0.5) is 11.4 Å². The van der Waals surface area contributed by atoms with Crippen LogP contribution in [0.1, 0.15) is 30.5 Å². The molecule has 9 aromatic carbocycles. The largest absolute Gasteiger partial charge is 0.338 e. The van der Waals surface area contributed by atoms with Crippen molar-refractivity contribution in [3.05, 3.63) is 253 Å². The lowest BCUT2D eigenvalue weighted by Gasteiger charge is -2.37. The van der Waals surface area contributed by atoms with Crippen molar-refractivity contribution < 1.29 is 0 Å². The van der Waals surface area contributed by atoms with E-state index >= 15 is 0 Å². The van der Waals surface area contributed by atoms with Gasteiger partial charge in [-0.2, -0.15) is 0 Å². The molecule has 11 rings (SSSR count). The van der Waals surface area contributed by atoms with Crippen molar-refractivity contribution in [1.82, 2.24) is 0 Å². The molecular weight excluding hydrogens is 763 g/mol. The molecule has 2 aliphatic rings. The maximum atomic E-state index is 4.17. The van der Waals surface area contributed by atoms with Crippen LogP contribution < -0.4 is 20.5 Å². The van der Waals surface area contributed by atoms with Crippen LogP contribution in [0, 0.1) is 0 Å². The topological polar surface area (TPSA) is 3.24 Å². The van der Waals surface area contributed by atoms with Gasteiger partial charge in [0.05, 0.1) is 0 Å². The van der Waals surface area contributed by atoms with Crippen molar-refractivity contribution in [1.29, 1.82) is 0 Å². The minimum atomic E-state index is -3.02. The average molecular weight is 810 g/mol. The van der Waals surface area contributed by atoms with Gasteiger partial charge in [-0.25, -0.2) is 0 Å². The molecule has 0 aromatic heterocycles. The summed E-state index contributed by atoms with van der Waals surface area (Å²) < 4.78 is 0. The summed E-state index contributed by atoms with van der Waals surface area (Å²) >= 11 is 0. The van der Waals surface area contributed by atoms with Gasteiger partial charge in [0.25, 0.3) is 0 Å². The first-order valence-corrected chi connectivity index (χ1v) is 23.7. The Balaban J connectivity index is 1.19. The maximum Gasteiger partial charge on any atom is 0.178 e. The standard InChI is InChI=1S/C60H47NSi/c1-4-5-23-55-54-25-14-16-27-58(54)62(50-35-30-43-19-9-11-21-46(43)38-50,51-36-31-44-20-10-12-22-47(44)39-51)59(55)41-61(48-32-28-45(29-33-48)42-17-7-6-8-18-42)49-34-37-53-52-24-13-15-26-56(52)60(2,3)57(53)40-49/h4-40H,1,41H2,2-3H3/b23-5-. The van der Waals surface area contributed by atoms with Crippen molar-refractivity contribution in [3.8, 4) is 22.3 Å². The minimum Gasteiger partial charge on any atom is -0.338 e. The Labute approximate surface area is 366 Å². The predicted octanol–water partition coefficient (Wildman–Crippen LogP) is 13.3. The molecule has 0 unspecified atom stereocenters. The Kier molecular flexibility index (Phi) is 9.14. The predicted molar refractivity (Wildman–Crippen MR) is 268 cm³/mol. The molecule has 0 saturated heterocycles. The van der Waals surface area contributed by atoms with Gasteiger partial charge in [0.2, 0.25) is 0 Å². The first-order valence-electron chi connectivity index (χ1n) is 21.7. The number of fused-ring (bicyclic) bond motifs is 6. The maximum absolute atomic E-state index is 4.17. The molecule has 1 heterocycles. The number of anilines is 2. The minimum absolute atomic E-state index is 0.139. The van der Waals surface area contributed by atoms with Gasteiger partial charge in [-0.1, -0.05) is 221 Å². The zero-order valence-electron chi connectivity index (χ0n) is 35.2. The van der Waals surface area contributed by atoms with Crippen LogP contribution in [0.5, 0.6) is 0 Å². The van der Waals surface area contributed by atoms with E-state index < -0.39 is 8.07 Å². The van der Waals surface area contributed by atoms with Gasteiger partial charge in [-0.15, -0.1) is 0 Å². The third kappa shape index (κ3) is 5.97. The van der Waals surface area contributed by atoms with Gasteiger partial charge in [0, 0.05) is 23.3 Å². The van der Waals surface area contributed by atoms with E-state index in [-0.39, 0.29) is 5.41 Å². The fourth-order valence-corrected chi connectivity index (χ4v) is 16.0. The lowest BCUT2D eigenvalue weighted by molar-refractivity contribution is 0.660. The third-order valence-electron chi connectivity index (χ3n) is 13.6. The normalized spacial score (nSPS) is 14.5. The fraction of sp³-hybridized carbons (Fsp3) is 0.0667. The zero-order chi connectivity index (χ0) is 41.8. The van der Waals surface area contributed by atoms with Crippen LogP contribution in [-0.2, 0) is 5.41 Å². The molecular formula is C60H47NSi. The number of rotatable bonds is 9. The lowest BCUT2D eigenvalue weighted by Crippen LogP contribution is -2.68. The Morgan fingerprint density at radius 1 is 0.484 bits per heavy atom. The highest BCUT2D eigenvalue weighted by Gasteiger charge is 2.50. The van der Waals surface area contributed by atoms with Gasteiger partial charge in [-0.3, -0.25) is 0 Å². The summed E-state index contributed by atoms with van der Waals surface area (Å²) in [7, 11) is -3.02. The molecule has 0 bridgehead atoms. The van der Waals surface area contributed by atoms with Gasteiger partial charge >= 0.3 is 0 Å². The van der Waals surface area contributed by atoms with E-state index in [2.05, 4.69) is 244 Å². The second-order valence-corrected chi connectivity index (χ2v) is 21.1. The smallest absolute Gasteiger partial charge is 0.178 e.